The van der Waals surface area contributed by atoms with Gasteiger partial charge in [0.25, 0.3) is 5.91 Å². The lowest BCUT2D eigenvalue weighted by molar-refractivity contribution is -0.123. The highest BCUT2D eigenvalue weighted by Gasteiger charge is 2.17. The van der Waals surface area contributed by atoms with Crippen molar-refractivity contribution in [3.8, 4) is 5.75 Å². The number of carbonyl (C=O) groups excluding carboxylic acids is 1. The van der Waals surface area contributed by atoms with Gasteiger partial charge in [0.15, 0.2) is 6.61 Å². The number of nitrogens with one attached hydrogen (secondary N) is 2. The van der Waals surface area contributed by atoms with Crippen LogP contribution in [0, 0.1) is 12.8 Å². The van der Waals surface area contributed by atoms with Gasteiger partial charge in [-0.2, -0.15) is 0 Å². The van der Waals surface area contributed by atoms with E-state index in [1.807, 2.05) is 13.0 Å². The summed E-state index contributed by atoms with van der Waals surface area (Å²) < 4.78 is 5.70. The first-order valence-corrected chi connectivity index (χ1v) is 7.27. The number of rotatable bonds is 6. The van der Waals surface area contributed by atoms with Gasteiger partial charge in [0.05, 0.1) is 0 Å². The van der Waals surface area contributed by atoms with E-state index in [0.717, 1.165) is 36.5 Å². The number of ether oxygens (including phenoxy) is 1. The van der Waals surface area contributed by atoms with Crippen LogP contribution in [-0.4, -0.2) is 32.1 Å². The van der Waals surface area contributed by atoms with Crippen molar-refractivity contribution in [2.24, 2.45) is 5.92 Å². The van der Waals surface area contributed by atoms with Gasteiger partial charge in [-0.05, 0) is 30.0 Å². The molecule has 1 aromatic carbocycles. The molecule has 0 saturated carbocycles. The summed E-state index contributed by atoms with van der Waals surface area (Å²) in [6, 6.07) is 6.15. The molecule has 4 heteroatoms. The molecule has 0 radical (unpaired) electrons. The van der Waals surface area contributed by atoms with E-state index in [1.165, 1.54) is 0 Å². The number of hydrogen-bond acceptors (Lipinski definition) is 3. The third kappa shape index (κ3) is 3.97. The van der Waals surface area contributed by atoms with Gasteiger partial charge in [-0.1, -0.05) is 26.0 Å². The average Bonchev–Trinajstić information content (AvgIpc) is 2.34. The molecule has 2 rings (SSSR count). The van der Waals surface area contributed by atoms with Crippen molar-refractivity contribution in [1.82, 2.24) is 10.6 Å². The molecule has 2 N–H and O–H groups in total. The van der Waals surface area contributed by atoms with E-state index in [9.17, 15) is 4.79 Å². The van der Waals surface area contributed by atoms with Gasteiger partial charge in [0, 0.05) is 25.6 Å². The summed E-state index contributed by atoms with van der Waals surface area (Å²) in [5.74, 6) is 1.73. The zero-order valence-corrected chi connectivity index (χ0v) is 12.5. The fourth-order valence-electron chi connectivity index (χ4n) is 2.19. The average molecular weight is 276 g/mol. The normalized spacial score (nSPS) is 15.0. The third-order valence-corrected chi connectivity index (χ3v) is 3.60. The summed E-state index contributed by atoms with van der Waals surface area (Å²) in [5, 5.41) is 6.10. The molecule has 0 unspecified atom stereocenters. The van der Waals surface area contributed by atoms with E-state index in [1.54, 1.807) is 0 Å². The van der Waals surface area contributed by atoms with E-state index < -0.39 is 0 Å². The van der Waals surface area contributed by atoms with Gasteiger partial charge < -0.3 is 15.4 Å². The fraction of sp³-hybridized carbons (Fsp3) is 0.562. The van der Waals surface area contributed by atoms with Crippen LogP contribution < -0.4 is 15.4 Å². The molecule has 1 heterocycles. The molecule has 0 atom stereocenters. The third-order valence-electron chi connectivity index (χ3n) is 3.60. The van der Waals surface area contributed by atoms with Crippen LogP contribution in [0.1, 0.15) is 30.9 Å². The number of aryl methyl sites for hydroxylation is 1. The fourth-order valence-corrected chi connectivity index (χ4v) is 2.19. The molecular formula is C16H24N2O2. The van der Waals surface area contributed by atoms with Crippen molar-refractivity contribution in [3.63, 3.8) is 0 Å². The minimum Gasteiger partial charge on any atom is -0.483 e. The Morgan fingerprint density at radius 3 is 2.80 bits per heavy atom. The van der Waals surface area contributed by atoms with Crippen LogP contribution in [0.25, 0.3) is 0 Å². The minimum atomic E-state index is -0.0480. The van der Waals surface area contributed by atoms with Crippen LogP contribution in [-0.2, 0) is 4.79 Å². The van der Waals surface area contributed by atoms with Gasteiger partial charge >= 0.3 is 0 Å². The summed E-state index contributed by atoms with van der Waals surface area (Å²) >= 11 is 0. The highest BCUT2D eigenvalue weighted by atomic mass is 16.5. The van der Waals surface area contributed by atoms with E-state index in [4.69, 9.17) is 4.74 Å². The number of amides is 1. The smallest absolute Gasteiger partial charge is 0.257 e. The molecule has 0 aliphatic carbocycles. The molecule has 4 nitrogen and oxygen atoms in total. The van der Waals surface area contributed by atoms with E-state index in [0.29, 0.717) is 11.8 Å². The molecule has 1 aromatic rings. The molecule has 1 aliphatic heterocycles. The first-order chi connectivity index (χ1) is 9.56. The molecule has 1 amide bonds. The second-order valence-corrected chi connectivity index (χ2v) is 5.81. The Bertz CT molecular complexity index is 468. The molecule has 0 bridgehead atoms. The van der Waals surface area contributed by atoms with Crippen LogP contribution in [0.3, 0.4) is 0 Å². The van der Waals surface area contributed by atoms with Gasteiger partial charge in [-0.3, -0.25) is 4.79 Å². The molecular weight excluding hydrogens is 252 g/mol. The Morgan fingerprint density at radius 1 is 1.45 bits per heavy atom. The van der Waals surface area contributed by atoms with Crippen molar-refractivity contribution in [2.45, 2.75) is 26.7 Å². The Morgan fingerprint density at radius 2 is 2.20 bits per heavy atom. The highest BCUT2D eigenvalue weighted by molar-refractivity contribution is 5.77. The topological polar surface area (TPSA) is 50.4 Å². The maximum atomic E-state index is 11.8. The maximum Gasteiger partial charge on any atom is 0.257 e. The zero-order chi connectivity index (χ0) is 14.5. The SMILES string of the molecule is Cc1ccc(C(C)C)c(OCC(=O)NCC2CNC2)c1. The van der Waals surface area contributed by atoms with Crippen LogP contribution >= 0.6 is 0 Å². The monoisotopic (exact) mass is 276 g/mol. The molecule has 1 aliphatic rings. The quantitative estimate of drug-likeness (QED) is 0.833. The van der Waals surface area contributed by atoms with Crippen molar-refractivity contribution >= 4 is 5.91 Å². The Kier molecular flexibility index (Phi) is 5.01. The van der Waals surface area contributed by atoms with Crippen molar-refractivity contribution in [3.05, 3.63) is 29.3 Å². The van der Waals surface area contributed by atoms with Crippen LogP contribution in [0.2, 0.25) is 0 Å². The van der Waals surface area contributed by atoms with Crippen molar-refractivity contribution in [2.75, 3.05) is 26.2 Å². The van der Waals surface area contributed by atoms with Crippen LogP contribution in [0.5, 0.6) is 5.75 Å². The maximum absolute atomic E-state index is 11.8. The Hall–Kier alpha value is -1.55. The number of hydrogen-bond donors (Lipinski definition) is 2. The van der Waals surface area contributed by atoms with Gasteiger partial charge in [-0.15, -0.1) is 0 Å². The largest absolute Gasteiger partial charge is 0.483 e. The summed E-state index contributed by atoms with van der Waals surface area (Å²) in [6.45, 7) is 9.10. The predicted molar refractivity (Wildman–Crippen MR) is 80.1 cm³/mol. The first kappa shape index (κ1) is 14.9. The van der Waals surface area contributed by atoms with Gasteiger partial charge in [0.1, 0.15) is 5.75 Å². The first-order valence-electron chi connectivity index (χ1n) is 7.27. The van der Waals surface area contributed by atoms with E-state index >= 15 is 0 Å². The lowest BCUT2D eigenvalue weighted by atomic mass is 10.0. The van der Waals surface area contributed by atoms with Crippen LogP contribution in [0.15, 0.2) is 18.2 Å². The lowest BCUT2D eigenvalue weighted by Gasteiger charge is -2.27. The Labute approximate surface area is 120 Å². The number of benzene rings is 1. The molecule has 1 fully saturated rings. The molecule has 0 spiro atoms. The Balaban J connectivity index is 1.85. The summed E-state index contributed by atoms with van der Waals surface area (Å²) in [7, 11) is 0. The van der Waals surface area contributed by atoms with Crippen molar-refractivity contribution < 1.29 is 9.53 Å². The highest BCUT2D eigenvalue weighted by Crippen LogP contribution is 2.27. The summed E-state index contributed by atoms with van der Waals surface area (Å²) in [6.07, 6.45) is 0. The number of carbonyl (C=O) groups is 1. The standard InChI is InChI=1S/C16H24N2O2/c1-11(2)14-5-4-12(3)6-15(14)20-10-16(19)18-9-13-7-17-8-13/h4-6,11,13,17H,7-10H2,1-3H3,(H,18,19). The molecule has 0 aromatic heterocycles. The van der Waals surface area contributed by atoms with Crippen LogP contribution in [0.4, 0.5) is 0 Å². The molecule has 1 saturated heterocycles. The van der Waals surface area contributed by atoms with Gasteiger partial charge in [-0.25, -0.2) is 0 Å². The molecule has 110 valence electrons. The van der Waals surface area contributed by atoms with E-state index in [-0.39, 0.29) is 12.5 Å². The van der Waals surface area contributed by atoms with Gasteiger partial charge in [0.2, 0.25) is 0 Å². The molecule has 20 heavy (non-hydrogen) atoms. The van der Waals surface area contributed by atoms with E-state index in [2.05, 4.69) is 36.6 Å². The summed E-state index contributed by atoms with van der Waals surface area (Å²) in [4.78, 5) is 11.8. The minimum absolute atomic E-state index is 0.0480. The van der Waals surface area contributed by atoms with Crippen molar-refractivity contribution in [1.29, 1.82) is 0 Å². The predicted octanol–water partition coefficient (Wildman–Crippen LogP) is 1.83. The summed E-state index contributed by atoms with van der Waals surface area (Å²) in [5.41, 5.74) is 2.29. The lowest BCUT2D eigenvalue weighted by Crippen LogP contribution is -2.48. The second-order valence-electron chi connectivity index (χ2n) is 5.81. The second kappa shape index (κ2) is 6.75. The zero-order valence-electron chi connectivity index (χ0n) is 12.5.